The Morgan fingerprint density at radius 2 is 1.88 bits per heavy atom. The van der Waals surface area contributed by atoms with Crippen LogP contribution in [0.2, 0.25) is 0 Å². The molecule has 0 aliphatic carbocycles. The summed E-state index contributed by atoms with van der Waals surface area (Å²) >= 11 is 1.52. The Morgan fingerprint density at radius 3 is 2.67 bits per heavy atom. The van der Waals surface area contributed by atoms with Crippen LogP contribution >= 0.6 is 11.3 Å². The maximum Gasteiger partial charge on any atom is 0.267 e. The molecule has 0 spiro atoms. The zero-order valence-corrected chi connectivity index (χ0v) is 19.8. The van der Waals surface area contributed by atoms with E-state index in [0.29, 0.717) is 18.2 Å². The van der Waals surface area contributed by atoms with Gasteiger partial charge in [0.05, 0.1) is 0 Å². The van der Waals surface area contributed by atoms with E-state index < -0.39 is 0 Å². The second-order valence-corrected chi connectivity index (χ2v) is 9.31. The molecule has 0 saturated heterocycles. The van der Waals surface area contributed by atoms with Gasteiger partial charge in [-0.25, -0.2) is 0 Å². The summed E-state index contributed by atoms with van der Waals surface area (Å²) in [4.78, 5) is 29.1. The molecule has 170 valence electrons. The second kappa shape index (κ2) is 10.5. The number of hydrogen-bond acceptors (Lipinski definition) is 4. The normalized spacial score (nSPS) is 15.3. The number of para-hydroxylation sites is 1. The Bertz CT molecular complexity index is 1150. The molecule has 0 bridgehead atoms. The van der Waals surface area contributed by atoms with Gasteiger partial charge in [-0.2, -0.15) is 0 Å². The van der Waals surface area contributed by atoms with Gasteiger partial charge in [-0.3, -0.25) is 9.59 Å². The Hall–Kier alpha value is -3.38. The number of benzene rings is 2. The van der Waals surface area contributed by atoms with Gasteiger partial charge < -0.3 is 15.5 Å². The van der Waals surface area contributed by atoms with Gasteiger partial charge in [0, 0.05) is 35.3 Å². The van der Waals surface area contributed by atoms with Gasteiger partial charge in [-0.05, 0) is 67.5 Å². The lowest BCUT2D eigenvalue weighted by molar-refractivity contribution is -0.117. The molecule has 1 unspecified atom stereocenters. The van der Waals surface area contributed by atoms with Crippen LogP contribution in [0, 0.1) is 6.92 Å². The Morgan fingerprint density at radius 1 is 1.09 bits per heavy atom. The minimum atomic E-state index is -0.284. The minimum Gasteiger partial charge on any atom is -0.368 e. The van der Waals surface area contributed by atoms with Crippen molar-refractivity contribution < 1.29 is 9.59 Å². The summed E-state index contributed by atoms with van der Waals surface area (Å²) in [5.74, 6) is -0.561. The van der Waals surface area contributed by atoms with Crippen molar-refractivity contribution in [2.24, 2.45) is 0 Å². The number of anilines is 1. The zero-order chi connectivity index (χ0) is 23.2. The molecule has 5 nitrogen and oxygen atoms in total. The van der Waals surface area contributed by atoms with E-state index in [4.69, 9.17) is 0 Å². The van der Waals surface area contributed by atoms with E-state index in [2.05, 4.69) is 46.7 Å². The van der Waals surface area contributed by atoms with Crippen LogP contribution < -0.4 is 15.5 Å². The second-order valence-electron chi connectivity index (χ2n) is 8.33. The molecule has 0 radical (unpaired) electrons. The lowest BCUT2D eigenvalue weighted by atomic mass is 10.1. The number of rotatable bonds is 8. The summed E-state index contributed by atoms with van der Waals surface area (Å²) in [7, 11) is 0. The van der Waals surface area contributed by atoms with Crippen LogP contribution in [-0.4, -0.2) is 30.9 Å². The van der Waals surface area contributed by atoms with E-state index in [1.165, 1.54) is 22.6 Å². The molecule has 3 aromatic rings. The molecule has 1 aliphatic rings. The van der Waals surface area contributed by atoms with Gasteiger partial charge in [0.15, 0.2) is 0 Å². The average molecular weight is 460 g/mol. The quantitative estimate of drug-likeness (QED) is 0.376. The Balaban J connectivity index is 1.38. The molecule has 2 amide bonds. The molecular formula is C27H29N3O2S. The van der Waals surface area contributed by atoms with E-state index in [-0.39, 0.29) is 17.5 Å². The van der Waals surface area contributed by atoms with Crippen molar-refractivity contribution in [1.82, 2.24) is 10.6 Å². The van der Waals surface area contributed by atoms with E-state index in [1.807, 2.05) is 42.6 Å². The van der Waals surface area contributed by atoms with Gasteiger partial charge in [0.2, 0.25) is 0 Å². The standard InChI is InChI=1S/C27H29N3O2S/c1-19-9-3-5-12-23(19)26(31)29-24(18-22-11-7-16-33-22)27(32)28-14-8-15-30-20(2)17-21-10-4-6-13-25(21)30/h3-7,9-13,16,18,20H,8,14-15,17H2,1-2H3,(H,28,32)(H,29,31)/b24-18-. The minimum absolute atomic E-state index is 0.255. The molecule has 1 atom stereocenters. The van der Waals surface area contributed by atoms with Gasteiger partial charge in [0.1, 0.15) is 5.70 Å². The molecule has 33 heavy (non-hydrogen) atoms. The van der Waals surface area contributed by atoms with Crippen LogP contribution in [0.25, 0.3) is 6.08 Å². The SMILES string of the molecule is Cc1ccccc1C(=O)N/C(=C\c1cccs1)C(=O)NCCCN1c2ccccc2CC1C. The monoisotopic (exact) mass is 459 g/mol. The fourth-order valence-corrected chi connectivity index (χ4v) is 4.87. The van der Waals surface area contributed by atoms with Crippen molar-refractivity contribution in [1.29, 1.82) is 0 Å². The first-order valence-electron chi connectivity index (χ1n) is 11.3. The highest BCUT2D eigenvalue weighted by Gasteiger charge is 2.24. The summed E-state index contributed by atoms with van der Waals surface area (Å²) in [6.07, 6.45) is 3.61. The molecule has 0 saturated carbocycles. The highest BCUT2D eigenvalue weighted by atomic mass is 32.1. The number of carbonyl (C=O) groups is 2. The molecule has 1 aliphatic heterocycles. The largest absolute Gasteiger partial charge is 0.368 e. The first-order chi connectivity index (χ1) is 16.0. The number of nitrogens with zero attached hydrogens (tertiary/aromatic N) is 1. The van der Waals surface area contributed by atoms with Crippen molar-refractivity contribution in [3.63, 3.8) is 0 Å². The lowest BCUT2D eigenvalue weighted by Gasteiger charge is -2.25. The van der Waals surface area contributed by atoms with Crippen LogP contribution in [0.1, 0.15) is 39.7 Å². The van der Waals surface area contributed by atoms with Gasteiger partial charge >= 0.3 is 0 Å². The van der Waals surface area contributed by atoms with Crippen molar-refractivity contribution in [3.8, 4) is 0 Å². The number of hydrogen-bond donors (Lipinski definition) is 2. The average Bonchev–Trinajstić information content (AvgIpc) is 3.43. The first-order valence-corrected chi connectivity index (χ1v) is 12.2. The molecule has 0 fully saturated rings. The highest BCUT2D eigenvalue weighted by Crippen LogP contribution is 2.31. The van der Waals surface area contributed by atoms with Crippen molar-refractivity contribution in [3.05, 3.63) is 93.3 Å². The highest BCUT2D eigenvalue weighted by molar-refractivity contribution is 7.10. The van der Waals surface area contributed by atoms with Crippen LogP contribution in [0.4, 0.5) is 5.69 Å². The third-order valence-electron chi connectivity index (χ3n) is 5.92. The van der Waals surface area contributed by atoms with Gasteiger partial charge in [-0.15, -0.1) is 11.3 Å². The van der Waals surface area contributed by atoms with Crippen LogP contribution in [0.15, 0.2) is 71.7 Å². The Labute approximate surface area is 199 Å². The van der Waals surface area contributed by atoms with Gasteiger partial charge in [0.25, 0.3) is 11.8 Å². The number of nitrogens with one attached hydrogen (secondary N) is 2. The molecule has 1 aromatic heterocycles. The molecular weight excluding hydrogens is 430 g/mol. The number of aryl methyl sites for hydroxylation is 1. The number of fused-ring (bicyclic) bond motifs is 1. The van der Waals surface area contributed by atoms with E-state index in [1.54, 1.807) is 12.1 Å². The summed E-state index contributed by atoms with van der Waals surface area (Å²) in [5.41, 5.74) is 4.36. The molecule has 4 rings (SSSR count). The fourth-order valence-electron chi connectivity index (χ4n) is 4.21. The predicted octanol–water partition coefficient (Wildman–Crippen LogP) is 4.78. The van der Waals surface area contributed by atoms with Crippen LogP contribution in [0.5, 0.6) is 0 Å². The molecule has 2 aromatic carbocycles. The maximum atomic E-state index is 13.0. The third kappa shape index (κ3) is 5.52. The summed E-state index contributed by atoms with van der Waals surface area (Å²) < 4.78 is 0. The van der Waals surface area contributed by atoms with Crippen molar-refractivity contribution in [2.75, 3.05) is 18.0 Å². The molecule has 6 heteroatoms. The topological polar surface area (TPSA) is 61.4 Å². The smallest absolute Gasteiger partial charge is 0.267 e. The Kier molecular flexibility index (Phi) is 7.25. The zero-order valence-electron chi connectivity index (χ0n) is 19.0. The number of thiophene rings is 1. The van der Waals surface area contributed by atoms with Crippen LogP contribution in [0.3, 0.4) is 0 Å². The summed E-state index contributed by atoms with van der Waals surface area (Å²) in [6, 6.07) is 20.2. The summed E-state index contributed by atoms with van der Waals surface area (Å²) in [6.45, 7) is 5.53. The van der Waals surface area contributed by atoms with Crippen molar-refractivity contribution >= 4 is 34.9 Å². The number of carbonyl (C=O) groups excluding carboxylic acids is 2. The van der Waals surface area contributed by atoms with Gasteiger partial charge in [-0.1, -0.05) is 42.5 Å². The lowest BCUT2D eigenvalue weighted by Crippen LogP contribution is -2.37. The third-order valence-corrected chi connectivity index (χ3v) is 6.74. The van der Waals surface area contributed by atoms with E-state index in [0.717, 1.165) is 29.8 Å². The van der Waals surface area contributed by atoms with Crippen LogP contribution in [-0.2, 0) is 11.2 Å². The maximum absolute atomic E-state index is 13.0. The molecule has 2 N–H and O–H groups in total. The number of amides is 2. The van der Waals surface area contributed by atoms with E-state index in [9.17, 15) is 9.59 Å². The fraction of sp³-hybridized carbons (Fsp3) is 0.259. The summed E-state index contributed by atoms with van der Waals surface area (Å²) in [5, 5.41) is 7.75. The first kappa shape index (κ1) is 22.8. The van der Waals surface area contributed by atoms with Crippen molar-refractivity contribution in [2.45, 2.75) is 32.7 Å². The molecule has 2 heterocycles. The van der Waals surface area contributed by atoms with E-state index >= 15 is 0 Å². The predicted molar refractivity (Wildman–Crippen MR) is 136 cm³/mol.